The van der Waals surface area contributed by atoms with Gasteiger partial charge in [0.1, 0.15) is 5.75 Å². The number of rotatable bonds is 8. The first-order valence-electron chi connectivity index (χ1n) is 6.77. The Labute approximate surface area is 118 Å². The van der Waals surface area contributed by atoms with Crippen molar-refractivity contribution in [2.24, 2.45) is 0 Å². The monoisotopic (exact) mass is 280 g/mol. The van der Waals surface area contributed by atoms with Crippen molar-refractivity contribution >= 4 is 5.97 Å². The smallest absolute Gasteiger partial charge is 0.338 e. The quantitative estimate of drug-likeness (QED) is 0.414. The molecule has 0 radical (unpaired) electrons. The van der Waals surface area contributed by atoms with Crippen LogP contribution >= 0.6 is 0 Å². The van der Waals surface area contributed by atoms with Gasteiger partial charge in [0.2, 0.25) is 0 Å². The molecule has 1 aliphatic rings. The Balaban J connectivity index is 1.59. The highest BCUT2D eigenvalue weighted by molar-refractivity contribution is 5.77. The van der Waals surface area contributed by atoms with E-state index in [1.165, 1.54) is 0 Å². The minimum Gasteiger partial charge on any atom is -0.497 e. The lowest BCUT2D eigenvalue weighted by Gasteiger charge is -2.04. The molecule has 0 amide bonds. The molecule has 2 rings (SSSR count). The zero-order valence-electron chi connectivity index (χ0n) is 11.8. The van der Waals surface area contributed by atoms with Gasteiger partial charge in [0.05, 0.1) is 26.4 Å². The SMILES string of the molecule is CCOC(=O)[C@@H]1O[C@H]1CCOCc1ccc(OC)cc1. The van der Waals surface area contributed by atoms with Crippen LogP contribution in [-0.4, -0.2) is 38.5 Å². The maximum atomic E-state index is 11.3. The van der Waals surface area contributed by atoms with E-state index >= 15 is 0 Å². The normalized spacial score (nSPS) is 20.5. The Morgan fingerprint density at radius 3 is 2.70 bits per heavy atom. The molecule has 0 N–H and O–H groups in total. The molecule has 2 atom stereocenters. The van der Waals surface area contributed by atoms with Crippen molar-refractivity contribution in [1.29, 1.82) is 0 Å². The van der Waals surface area contributed by atoms with Gasteiger partial charge in [-0.05, 0) is 24.6 Å². The summed E-state index contributed by atoms with van der Waals surface area (Å²) in [6.07, 6.45) is 0.268. The van der Waals surface area contributed by atoms with Gasteiger partial charge in [0, 0.05) is 13.0 Å². The van der Waals surface area contributed by atoms with Crippen LogP contribution in [-0.2, 0) is 25.6 Å². The molecular formula is C15H20O5. The van der Waals surface area contributed by atoms with Crippen LogP contribution in [0, 0.1) is 0 Å². The van der Waals surface area contributed by atoms with Gasteiger partial charge in [-0.15, -0.1) is 0 Å². The summed E-state index contributed by atoms with van der Waals surface area (Å²) in [5.74, 6) is 0.560. The molecule has 1 fully saturated rings. The molecule has 20 heavy (non-hydrogen) atoms. The fourth-order valence-corrected chi connectivity index (χ4v) is 1.91. The van der Waals surface area contributed by atoms with E-state index < -0.39 is 0 Å². The highest BCUT2D eigenvalue weighted by atomic mass is 16.6. The Kier molecular flexibility index (Phi) is 5.38. The van der Waals surface area contributed by atoms with E-state index in [4.69, 9.17) is 18.9 Å². The summed E-state index contributed by atoms with van der Waals surface area (Å²) in [6.45, 7) is 3.28. The molecule has 1 aromatic rings. The Hall–Kier alpha value is -1.59. The maximum Gasteiger partial charge on any atom is 0.338 e. The zero-order valence-corrected chi connectivity index (χ0v) is 11.8. The number of esters is 1. The third kappa shape index (κ3) is 4.21. The second-order valence-corrected chi connectivity index (χ2v) is 4.54. The first-order valence-corrected chi connectivity index (χ1v) is 6.77. The van der Waals surface area contributed by atoms with Crippen LogP contribution in [0.3, 0.4) is 0 Å². The summed E-state index contributed by atoms with van der Waals surface area (Å²) >= 11 is 0. The Morgan fingerprint density at radius 2 is 2.05 bits per heavy atom. The molecule has 0 aliphatic carbocycles. The molecule has 1 aromatic carbocycles. The van der Waals surface area contributed by atoms with Gasteiger partial charge in [-0.1, -0.05) is 12.1 Å². The third-order valence-electron chi connectivity index (χ3n) is 3.08. The largest absolute Gasteiger partial charge is 0.497 e. The van der Waals surface area contributed by atoms with Crippen LogP contribution < -0.4 is 4.74 Å². The summed E-state index contributed by atoms with van der Waals surface area (Å²) in [4.78, 5) is 11.3. The predicted octanol–water partition coefficient (Wildman–Crippen LogP) is 1.93. The fourth-order valence-electron chi connectivity index (χ4n) is 1.91. The van der Waals surface area contributed by atoms with Gasteiger partial charge in [-0.2, -0.15) is 0 Å². The number of benzene rings is 1. The molecule has 0 spiro atoms. The van der Waals surface area contributed by atoms with Crippen molar-refractivity contribution in [3.63, 3.8) is 0 Å². The standard InChI is InChI=1S/C15H20O5/c1-3-19-15(16)14-13(20-14)8-9-18-10-11-4-6-12(17-2)7-5-11/h4-7,13-14H,3,8-10H2,1-2H3/t13-,14+/m0/s1. The highest BCUT2D eigenvalue weighted by Gasteiger charge is 2.45. The molecule has 0 bridgehead atoms. The minimum atomic E-state index is -0.389. The van der Waals surface area contributed by atoms with E-state index in [9.17, 15) is 4.79 Å². The van der Waals surface area contributed by atoms with Crippen molar-refractivity contribution in [3.05, 3.63) is 29.8 Å². The van der Waals surface area contributed by atoms with E-state index in [-0.39, 0.29) is 18.2 Å². The van der Waals surface area contributed by atoms with Crippen molar-refractivity contribution in [2.45, 2.75) is 32.2 Å². The average molecular weight is 280 g/mol. The number of epoxide rings is 1. The maximum absolute atomic E-state index is 11.3. The second kappa shape index (κ2) is 7.26. The minimum absolute atomic E-state index is 0.0510. The van der Waals surface area contributed by atoms with Crippen molar-refractivity contribution in [1.82, 2.24) is 0 Å². The van der Waals surface area contributed by atoms with E-state index in [2.05, 4.69) is 0 Å². The van der Waals surface area contributed by atoms with E-state index in [1.807, 2.05) is 24.3 Å². The summed E-state index contributed by atoms with van der Waals surface area (Å²) < 4.78 is 20.8. The molecule has 0 aromatic heterocycles. The summed E-state index contributed by atoms with van der Waals surface area (Å²) in [5.41, 5.74) is 1.09. The van der Waals surface area contributed by atoms with Crippen molar-refractivity contribution in [3.8, 4) is 5.75 Å². The van der Waals surface area contributed by atoms with Gasteiger partial charge in [0.25, 0.3) is 0 Å². The molecule has 0 unspecified atom stereocenters. The van der Waals surface area contributed by atoms with E-state index in [0.29, 0.717) is 26.2 Å². The van der Waals surface area contributed by atoms with Gasteiger partial charge >= 0.3 is 5.97 Å². The molecule has 1 saturated heterocycles. The number of hydrogen-bond donors (Lipinski definition) is 0. The number of carbonyl (C=O) groups is 1. The number of ether oxygens (including phenoxy) is 4. The third-order valence-corrected chi connectivity index (χ3v) is 3.08. The number of hydrogen-bond acceptors (Lipinski definition) is 5. The van der Waals surface area contributed by atoms with Crippen LogP contribution in [0.2, 0.25) is 0 Å². The van der Waals surface area contributed by atoms with Gasteiger partial charge in [-0.3, -0.25) is 0 Å². The van der Waals surface area contributed by atoms with Gasteiger partial charge < -0.3 is 18.9 Å². The van der Waals surface area contributed by atoms with Crippen LogP contribution in [0.25, 0.3) is 0 Å². The Bertz CT molecular complexity index is 428. The molecule has 5 nitrogen and oxygen atoms in total. The van der Waals surface area contributed by atoms with Crippen molar-refractivity contribution in [2.75, 3.05) is 20.3 Å². The molecule has 110 valence electrons. The van der Waals surface area contributed by atoms with Gasteiger partial charge in [0.15, 0.2) is 6.10 Å². The fraction of sp³-hybridized carbons (Fsp3) is 0.533. The van der Waals surface area contributed by atoms with Crippen LogP contribution in [0.15, 0.2) is 24.3 Å². The first-order chi connectivity index (χ1) is 9.74. The lowest BCUT2D eigenvalue weighted by Crippen LogP contribution is -2.14. The highest BCUT2D eigenvalue weighted by Crippen LogP contribution is 2.26. The lowest BCUT2D eigenvalue weighted by atomic mass is 10.2. The second-order valence-electron chi connectivity index (χ2n) is 4.54. The number of methoxy groups -OCH3 is 1. The molecule has 1 heterocycles. The Morgan fingerprint density at radius 1 is 1.30 bits per heavy atom. The molecule has 0 saturated carbocycles. The zero-order chi connectivity index (χ0) is 14.4. The lowest BCUT2D eigenvalue weighted by molar-refractivity contribution is -0.144. The number of carbonyl (C=O) groups excluding carboxylic acids is 1. The molecule has 5 heteroatoms. The summed E-state index contributed by atoms with van der Waals surface area (Å²) in [5, 5.41) is 0. The first kappa shape index (κ1) is 14.8. The predicted molar refractivity (Wildman–Crippen MR) is 72.6 cm³/mol. The van der Waals surface area contributed by atoms with Crippen LogP contribution in [0.4, 0.5) is 0 Å². The average Bonchev–Trinajstić information content (AvgIpc) is 3.24. The topological polar surface area (TPSA) is 57.3 Å². The van der Waals surface area contributed by atoms with Crippen LogP contribution in [0.5, 0.6) is 5.75 Å². The van der Waals surface area contributed by atoms with E-state index in [1.54, 1.807) is 14.0 Å². The molecular weight excluding hydrogens is 260 g/mol. The van der Waals surface area contributed by atoms with Crippen molar-refractivity contribution < 1.29 is 23.7 Å². The summed E-state index contributed by atoms with van der Waals surface area (Å²) in [6, 6.07) is 7.74. The van der Waals surface area contributed by atoms with Crippen LogP contribution in [0.1, 0.15) is 18.9 Å². The summed E-state index contributed by atoms with van der Waals surface area (Å²) in [7, 11) is 1.64. The molecule has 1 aliphatic heterocycles. The van der Waals surface area contributed by atoms with Gasteiger partial charge in [-0.25, -0.2) is 4.79 Å². The van der Waals surface area contributed by atoms with E-state index in [0.717, 1.165) is 11.3 Å².